The maximum Gasteiger partial charge on any atom is 0.264 e. The number of hydrogen-bond acceptors (Lipinski definition) is 5. The summed E-state index contributed by atoms with van der Waals surface area (Å²) in [5.74, 6) is 1.23. The van der Waals surface area contributed by atoms with E-state index in [1.54, 1.807) is 0 Å². The highest BCUT2D eigenvalue weighted by Gasteiger charge is 2.13. The molecule has 0 fully saturated rings. The van der Waals surface area contributed by atoms with Gasteiger partial charge in [0, 0.05) is 21.5 Å². The van der Waals surface area contributed by atoms with E-state index in [-0.39, 0.29) is 12.5 Å². The molecule has 4 rings (SSSR count). The number of carbonyl (C=O) groups is 1. The molecule has 0 radical (unpaired) electrons. The molecule has 0 saturated heterocycles. The molecule has 3 aromatic rings. The number of aryl methyl sites for hydroxylation is 1. The zero-order chi connectivity index (χ0) is 18.6. The van der Waals surface area contributed by atoms with Crippen LogP contribution in [0.25, 0.3) is 11.3 Å². The second kappa shape index (κ2) is 8.10. The van der Waals surface area contributed by atoms with Crippen molar-refractivity contribution in [1.82, 2.24) is 4.98 Å². The van der Waals surface area contributed by atoms with Gasteiger partial charge in [0.25, 0.3) is 5.91 Å². The van der Waals surface area contributed by atoms with Crippen molar-refractivity contribution in [3.05, 3.63) is 57.9 Å². The molecule has 1 N–H and O–H groups in total. The molecule has 2 aromatic carbocycles. The van der Waals surface area contributed by atoms with Crippen LogP contribution in [-0.4, -0.2) is 24.1 Å². The number of thiazole rings is 1. The first-order valence-electron chi connectivity index (χ1n) is 8.57. The van der Waals surface area contributed by atoms with Crippen LogP contribution in [0.2, 0.25) is 0 Å². The lowest BCUT2D eigenvalue weighted by Crippen LogP contribution is -2.20. The van der Waals surface area contributed by atoms with Crippen LogP contribution in [0.4, 0.5) is 5.13 Å². The lowest BCUT2D eigenvalue weighted by atomic mass is 10.1. The van der Waals surface area contributed by atoms with E-state index in [0.717, 1.165) is 40.9 Å². The first kappa shape index (κ1) is 18.0. The van der Waals surface area contributed by atoms with Gasteiger partial charge in [0.15, 0.2) is 11.7 Å². The molecule has 0 aliphatic carbocycles. The number of ether oxygens (including phenoxy) is 2. The van der Waals surface area contributed by atoms with Gasteiger partial charge in [0.05, 0.1) is 12.3 Å². The molecule has 138 valence electrons. The van der Waals surface area contributed by atoms with Crippen molar-refractivity contribution in [1.29, 1.82) is 0 Å². The Hall–Kier alpha value is -2.38. The molecule has 1 aliphatic heterocycles. The summed E-state index contributed by atoms with van der Waals surface area (Å²) in [7, 11) is 0. The Morgan fingerprint density at radius 2 is 2.11 bits per heavy atom. The van der Waals surface area contributed by atoms with Crippen LogP contribution in [0, 0.1) is 0 Å². The van der Waals surface area contributed by atoms with Crippen LogP contribution >= 0.6 is 27.3 Å². The second-order valence-corrected chi connectivity index (χ2v) is 7.88. The standard InChI is InChI=1S/C20H17BrN2O3S/c21-15-6-3-13(4-7-15)17-12-27-20(22-17)23-19(24)11-26-16-8-5-14-2-1-9-25-18(14)10-16/h3-8,10,12H,1-2,9,11H2,(H,22,23,24). The number of carbonyl (C=O) groups excluding carboxylic acids is 1. The minimum Gasteiger partial charge on any atom is -0.493 e. The molecule has 0 unspecified atom stereocenters. The van der Waals surface area contributed by atoms with Gasteiger partial charge in [-0.1, -0.05) is 34.1 Å². The van der Waals surface area contributed by atoms with Crippen molar-refractivity contribution >= 4 is 38.3 Å². The SMILES string of the molecule is O=C(COc1ccc2c(c1)OCCC2)Nc1nc(-c2ccc(Br)cc2)cs1. The number of benzene rings is 2. The third-order valence-electron chi connectivity index (χ3n) is 4.15. The third kappa shape index (κ3) is 4.48. The Morgan fingerprint density at radius 3 is 2.96 bits per heavy atom. The highest BCUT2D eigenvalue weighted by atomic mass is 79.9. The average Bonchev–Trinajstić information content (AvgIpc) is 3.15. The monoisotopic (exact) mass is 444 g/mol. The fourth-order valence-corrected chi connectivity index (χ4v) is 3.80. The van der Waals surface area contributed by atoms with Crippen molar-refractivity contribution in [3.8, 4) is 22.8 Å². The van der Waals surface area contributed by atoms with Crippen molar-refractivity contribution < 1.29 is 14.3 Å². The molecule has 7 heteroatoms. The Bertz CT molecular complexity index is 956. The normalized spacial score (nSPS) is 12.8. The van der Waals surface area contributed by atoms with E-state index in [1.165, 1.54) is 16.9 Å². The lowest BCUT2D eigenvalue weighted by molar-refractivity contribution is -0.118. The minimum absolute atomic E-state index is 0.0774. The number of fused-ring (bicyclic) bond motifs is 1. The summed E-state index contributed by atoms with van der Waals surface area (Å²) < 4.78 is 12.2. The van der Waals surface area contributed by atoms with Gasteiger partial charge in [-0.15, -0.1) is 11.3 Å². The first-order chi connectivity index (χ1) is 13.2. The molecule has 1 amide bonds. The molecule has 0 atom stereocenters. The van der Waals surface area contributed by atoms with E-state index >= 15 is 0 Å². The van der Waals surface area contributed by atoms with Crippen LogP contribution in [0.3, 0.4) is 0 Å². The summed E-state index contributed by atoms with van der Waals surface area (Å²) in [5.41, 5.74) is 3.01. The maximum atomic E-state index is 12.2. The van der Waals surface area contributed by atoms with Crippen molar-refractivity contribution in [3.63, 3.8) is 0 Å². The van der Waals surface area contributed by atoms with Crippen molar-refractivity contribution in [2.24, 2.45) is 0 Å². The predicted octanol–water partition coefficient (Wildman–Crippen LogP) is 4.92. The summed E-state index contributed by atoms with van der Waals surface area (Å²) >= 11 is 4.80. The van der Waals surface area contributed by atoms with Crippen molar-refractivity contribution in [2.45, 2.75) is 12.8 Å². The second-order valence-electron chi connectivity index (χ2n) is 6.10. The molecule has 5 nitrogen and oxygen atoms in total. The number of aromatic nitrogens is 1. The zero-order valence-electron chi connectivity index (χ0n) is 14.4. The van der Waals surface area contributed by atoms with E-state index in [4.69, 9.17) is 9.47 Å². The Balaban J connectivity index is 1.34. The summed E-state index contributed by atoms with van der Waals surface area (Å²) in [4.78, 5) is 16.6. The number of nitrogens with zero attached hydrogens (tertiary/aromatic N) is 1. The predicted molar refractivity (Wildman–Crippen MR) is 110 cm³/mol. The highest BCUT2D eigenvalue weighted by Crippen LogP contribution is 2.29. The molecule has 0 saturated carbocycles. The fraction of sp³-hybridized carbons (Fsp3) is 0.200. The molecule has 27 heavy (non-hydrogen) atoms. The summed E-state index contributed by atoms with van der Waals surface area (Å²) in [5, 5.41) is 5.25. The number of hydrogen-bond donors (Lipinski definition) is 1. The highest BCUT2D eigenvalue weighted by molar-refractivity contribution is 9.10. The topological polar surface area (TPSA) is 60.5 Å². The Morgan fingerprint density at radius 1 is 1.26 bits per heavy atom. The van der Waals surface area contributed by atoms with Gasteiger partial charge in [0.1, 0.15) is 11.5 Å². The Kier molecular flexibility index (Phi) is 5.40. The number of rotatable bonds is 5. The molecule has 1 aromatic heterocycles. The van der Waals surface area contributed by atoms with Gasteiger partial charge >= 0.3 is 0 Å². The Labute approximate surface area is 169 Å². The van der Waals surface area contributed by atoms with Gasteiger partial charge in [-0.05, 0) is 36.6 Å². The lowest BCUT2D eigenvalue weighted by Gasteiger charge is -2.17. The molecule has 0 spiro atoms. The van der Waals surface area contributed by atoms with Crippen LogP contribution in [0.15, 0.2) is 52.3 Å². The summed E-state index contributed by atoms with van der Waals surface area (Å²) in [6, 6.07) is 13.6. The number of halogens is 1. The third-order valence-corrected chi connectivity index (χ3v) is 5.43. The summed E-state index contributed by atoms with van der Waals surface area (Å²) in [6.07, 6.45) is 2.05. The van der Waals surface area contributed by atoms with Crippen LogP contribution in [0.5, 0.6) is 11.5 Å². The van der Waals surface area contributed by atoms with Gasteiger partial charge in [-0.3, -0.25) is 10.1 Å². The van der Waals surface area contributed by atoms with Gasteiger partial charge in [-0.2, -0.15) is 0 Å². The van der Waals surface area contributed by atoms with E-state index in [2.05, 4.69) is 26.2 Å². The molecular weight excluding hydrogens is 428 g/mol. The van der Waals surface area contributed by atoms with E-state index in [1.807, 2.05) is 47.8 Å². The van der Waals surface area contributed by atoms with E-state index in [9.17, 15) is 4.79 Å². The number of anilines is 1. The average molecular weight is 445 g/mol. The van der Waals surface area contributed by atoms with Gasteiger partial charge < -0.3 is 9.47 Å². The van der Waals surface area contributed by atoms with E-state index in [0.29, 0.717) is 10.9 Å². The first-order valence-corrected chi connectivity index (χ1v) is 10.2. The number of nitrogens with one attached hydrogen (secondary N) is 1. The summed E-state index contributed by atoms with van der Waals surface area (Å²) in [6.45, 7) is 0.646. The zero-order valence-corrected chi connectivity index (χ0v) is 16.8. The molecule has 2 heterocycles. The smallest absolute Gasteiger partial charge is 0.264 e. The van der Waals surface area contributed by atoms with Crippen LogP contribution in [-0.2, 0) is 11.2 Å². The van der Waals surface area contributed by atoms with Crippen molar-refractivity contribution in [2.75, 3.05) is 18.5 Å². The van der Waals surface area contributed by atoms with Gasteiger partial charge in [-0.25, -0.2) is 4.98 Å². The van der Waals surface area contributed by atoms with Crippen LogP contribution < -0.4 is 14.8 Å². The quantitative estimate of drug-likeness (QED) is 0.606. The maximum absolute atomic E-state index is 12.2. The molecule has 1 aliphatic rings. The van der Waals surface area contributed by atoms with E-state index < -0.39 is 0 Å². The minimum atomic E-state index is -0.245. The van der Waals surface area contributed by atoms with Crippen LogP contribution in [0.1, 0.15) is 12.0 Å². The molecular formula is C20H17BrN2O3S. The van der Waals surface area contributed by atoms with Gasteiger partial charge in [0.2, 0.25) is 0 Å². The largest absolute Gasteiger partial charge is 0.493 e. The molecule has 0 bridgehead atoms. The number of amides is 1. The fourth-order valence-electron chi connectivity index (χ4n) is 2.80.